The van der Waals surface area contributed by atoms with Gasteiger partial charge >= 0.3 is 0 Å². The average molecular weight is 255 g/mol. The SMILES string of the molecule is CNC(C)(CC(C)N1CC(C)CC(C)C1)C(N)=O. The highest BCUT2D eigenvalue weighted by molar-refractivity contribution is 5.84. The molecule has 1 heterocycles. The first-order chi connectivity index (χ1) is 8.28. The zero-order chi connectivity index (χ0) is 13.9. The Morgan fingerprint density at radius 3 is 2.33 bits per heavy atom. The molecule has 1 aliphatic rings. The van der Waals surface area contributed by atoms with Gasteiger partial charge in [0.05, 0.1) is 5.54 Å². The number of carbonyl (C=O) groups is 1. The Labute approximate surface area is 111 Å². The van der Waals surface area contributed by atoms with E-state index in [4.69, 9.17) is 5.73 Å². The fourth-order valence-electron chi connectivity index (χ4n) is 3.12. The van der Waals surface area contributed by atoms with Crippen LogP contribution in [-0.4, -0.2) is 42.5 Å². The first kappa shape index (κ1) is 15.4. The van der Waals surface area contributed by atoms with Crippen molar-refractivity contribution in [3.05, 3.63) is 0 Å². The molecule has 3 N–H and O–H groups in total. The largest absolute Gasteiger partial charge is 0.368 e. The van der Waals surface area contributed by atoms with Crippen molar-refractivity contribution in [1.29, 1.82) is 0 Å². The standard InChI is InChI=1S/C14H29N3O/c1-10-6-11(2)9-17(8-10)12(3)7-14(4,16-5)13(15)18/h10-12,16H,6-9H2,1-5H3,(H2,15,18). The molecule has 0 spiro atoms. The van der Waals surface area contributed by atoms with Crippen molar-refractivity contribution >= 4 is 5.91 Å². The van der Waals surface area contributed by atoms with E-state index in [2.05, 4.69) is 31.0 Å². The van der Waals surface area contributed by atoms with Crippen LogP contribution in [0.15, 0.2) is 0 Å². The van der Waals surface area contributed by atoms with Crippen molar-refractivity contribution in [2.24, 2.45) is 17.6 Å². The van der Waals surface area contributed by atoms with E-state index in [-0.39, 0.29) is 5.91 Å². The molecule has 4 nitrogen and oxygen atoms in total. The van der Waals surface area contributed by atoms with E-state index in [0.29, 0.717) is 6.04 Å². The second-order valence-electron chi connectivity index (χ2n) is 6.40. The highest BCUT2D eigenvalue weighted by Crippen LogP contribution is 2.25. The lowest BCUT2D eigenvalue weighted by molar-refractivity contribution is -0.124. The van der Waals surface area contributed by atoms with Gasteiger partial charge in [-0.3, -0.25) is 4.79 Å². The van der Waals surface area contributed by atoms with E-state index in [0.717, 1.165) is 31.3 Å². The smallest absolute Gasteiger partial charge is 0.237 e. The predicted molar refractivity (Wildman–Crippen MR) is 75.3 cm³/mol. The highest BCUT2D eigenvalue weighted by Gasteiger charge is 2.34. The number of nitrogens with one attached hydrogen (secondary N) is 1. The summed E-state index contributed by atoms with van der Waals surface area (Å²) in [5.74, 6) is 1.21. The van der Waals surface area contributed by atoms with Crippen LogP contribution >= 0.6 is 0 Å². The van der Waals surface area contributed by atoms with Gasteiger partial charge in [0.2, 0.25) is 5.91 Å². The third-order valence-corrected chi connectivity index (χ3v) is 4.32. The van der Waals surface area contributed by atoms with Crippen LogP contribution in [0.5, 0.6) is 0 Å². The molecule has 4 atom stereocenters. The Morgan fingerprint density at radius 1 is 1.44 bits per heavy atom. The molecule has 1 fully saturated rings. The van der Waals surface area contributed by atoms with Gasteiger partial charge in [-0.2, -0.15) is 0 Å². The molecule has 0 bridgehead atoms. The molecule has 0 aliphatic carbocycles. The van der Waals surface area contributed by atoms with Crippen LogP contribution in [-0.2, 0) is 4.79 Å². The Bertz CT molecular complexity index is 285. The van der Waals surface area contributed by atoms with E-state index in [1.807, 2.05) is 6.92 Å². The van der Waals surface area contributed by atoms with Crippen molar-refractivity contribution in [2.75, 3.05) is 20.1 Å². The zero-order valence-corrected chi connectivity index (χ0v) is 12.5. The van der Waals surface area contributed by atoms with Crippen LogP contribution < -0.4 is 11.1 Å². The summed E-state index contributed by atoms with van der Waals surface area (Å²) in [5, 5.41) is 3.07. The van der Waals surface area contributed by atoms with Crippen molar-refractivity contribution < 1.29 is 4.79 Å². The predicted octanol–water partition coefficient (Wildman–Crippen LogP) is 1.21. The number of nitrogens with zero attached hydrogens (tertiary/aromatic N) is 1. The van der Waals surface area contributed by atoms with Crippen LogP contribution in [0.2, 0.25) is 0 Å². The highest BCUT2D eigenvalue weighted by atomic mass is 16.1. The Kier molecular flexibility index (Phi) is 5.17. The molecule has 0 aromatic rings. The molecule has 4 heteroatoms. The van der Waals surface area contributed by atoms with Gasteiger partial charge in [0.15, 0.2) is 0 Å². The third kappa shape index (κ3) is 3.69. The summed E-state index contributed by atoms with van der Waals surface area (Å²) in [4.78, 5) is 14.0. The summed E-state index contributed by atoms with van der Waals surface area (Å²) >= 11 is 0. The van der Waals surface area contributed by atoms with E-state index in [9.17, 15) is 4.79 Å². The number of amides is 1. The second kappa shape index (κ2) is 6.02. The molecule has 0 radical (unpaired) electrons. The normalized spacial score (nSPS) is 30.7. The van der Waals surface area contributed by atoms with Gasteiger partial charge in [-0.1, -0.05) is 13.8 Å². The maximum Gasteiger partial charge on any atom is 0.237 e. The second-order valence-corrected chi connectivity index (χ2v) is 6.40. The van der Waals surface area contributed by atoms with E-state index < -0.39 is 5.54 Å². The molecule has 1 saturated heterocycles. The number of hydrogen-bond acceptors (Lipinski definition) is 3. The number of piperidine rings is 1. The fourth-order valence-corrected chi connectivity index (χ4v) is 3.12. The minimum Gasteiger partial charge on any atom is -0.368 e. The Hall–Kier alpha value is -0.610. The molecule has 0 saturated carbocycles. The minimum absolute atomic E-state index is 0.269. The molecule has 0 aromatic carbocycles. The van der Waals surface area contributed by atoms with Crippen molar-refractivity contribution in [3.8, 4) is 0 Å². The van der Waals surface area contributed by atoms with Gasteiger partial charge < -0.3 is 16.0 Å². The molecular weight excluding hydrogens is 226 g/mol. The number of primary amides is 1. The van der Waals surface area contributed by atoms with E-state index in [1.165, 1.54) is 6.42 Å². The van der Waals surface area contributed by atoms with Gasteiger partial charge in [0, 0.05) is 19.1 Å². The minimum atomic E-state index is -0.608. The molecule has 106 valence electrons. The summed E-state index contributed by atoms with van der Waals surface area (Å²) in [6.07, 6.45) is 2.07. The van der Waals surface area contributed by atoms with Gasteiger partial charge in [-0.25, -0.2) is 0 Å². The maximum atomic E-state index is 11.5. The third-order valence-electron chi connectivity index (χ3n) is 4.32. The Balaban J connectivity index is 2.64. The van der Waals surface area contributed by atoms with Crippen molar-refractivity contribution in [1.82, 2.24) is 10.2 Å². The summed E-state index contributed by atoms with van der Waals surface area (Å²) in [6.45, 7) is 11.0. The lowest BCUT2D eigenvalue weighted by Gasteiger charge is -2.41. The Morgan fingerprint density at radius 2 is 1.94 bits per heavy atom. The van der Waals surface area contributed by atoms with Crippen LogP contribution in [0, 0.1) is 11.8 Å². The summed E-state index contributed by atoms with van der Waals surface area (Å²) < 4.78 is 0. The number of hydrogen-bond donors (Lipinski definition) is 2. The topological polar surface area (TPSA) is 58.4 Å². The molecule has 1 rings (SSSR count). The van der Waals surface area contributed by atoms with Crippen molar-refractivity contribution in [2.45, 2.75) is 52.1 Å². The van der Waals surface area contributed by atoms with Crippen molar-refractivity contribution in [3.63, 3.8) is 0 Å². The molecular formula is C14H29N3O. The summed E-state index contributed by atoms with van der Waals surface area (Å²) in [7, 11) is 1.80. The lowest BCUT2D eigenvalue weighted by Crippen LogP contribution is -2.56. The van der Waals surface area contributed by atoms with Gasteiger partial charge in [0.25, 0.3) is 0 Å². The van der Waals surface area contributed by atoms with Gasteiger partial charge in [-0.05, 0) is 45.6 Å². The van der Waals surface area contributed by atoms with Crippen LogP contribution in [0.25, 0.3) is 0 Å². The monoisotopic (exact) mass is 255 g/mol. The zero-order valence-electron chi connectivity index (χ0n) is 12.5. The van der Waals surface area contributed by atoms with Crippen LogP contribution in [0.4, 0.5) is 0 Å². The van der Waals surface area contributed by atoms with Gasteiger partial charge in [0.1, 0.15) is 0 Å². The van der Waals surface area contributed by atoms with E-state index >= 15 is 0 Å². The molecule has 1 aliphatic heterocycles. The van der Waals surface area contributed by atoms with Crippen LogP contribution in [0.3, 0.4) is 0 Å². The molecule has 18 heavy (non-hydrogen) atoms. The summed E-state index contributed by atoms with van der Waals surface area (Å²) in [6, 6.07) is 0.375. The summed E-state index contributed by atoms with van der Waals surface area (Å²) in [5.41, 5.74) is 4.89. The van der Waals surface area contributed by atoms with Crippen LogP contribution in [0.1, 0.15) is 40.5 Å². The first-order valence-electron chi connectivity index (χ1n) is 7.01. The quantitative estimate of drug-likeness (QED) is 0.776. The van der Waals surface area contributed by atoms with E-state index in [1.54, 1.807) is 7.05 Å². The molecule has 1 amide bonds. The lowest BCUT2D eigenvalue weighted by atomic mass is 9.87. The first-order valence-corrected chi connectivity index (χ1v) is 7.01. The molecule has 0 aromatic heterocycles. The van der Waals surface area contributed by atoms with Gasteiger partial charge in [-0.15, -0.1) is 0 Å². The fraction of sp³-hybridized carbons (Fsp3) is 0.929. The maximum absolute atomic E-state index is 11.5. The number of likely N-dealkylation sites (tertiary alicyclic amines) is 1. The number of likely N-dealkylation sites (N-methyl/N-ethyl adjacent to an activating group) is 1. The number of nitrogens with two attached hydrogens (primary N) is 1. The molecule has 4 unspecified atom stereocenters. The average Bonchev–Trinajstić information content (AvgIpc) is 2.27. The number of carbonyl (C=O) groups excluding carboxylic acids is 1. The number of rotatable bonds is 5.